The molecule has 1 N–H and O–H groups in total. The van der Waals surface area contributed by atoms with Crippen molar-refractivity contribution in [2.45, 2.75) is 13.2 Å². The topological polar surface area (TPSA) is 30.5 Å². The van der Waals surface area contributed by atoms with Gasteiger partial charge in [0, 0.05) is 30.8 Å². The van der Waals surface area contributed by atoms with Crippen LogP contribution in [0.3, 0.4) is 0 Å². The van der Waals surface area contributed by atoms with E-state index in [0.29, 0.717) is 19.8 Å². The van der Waals surface area contributed by atoms with E-state index >= 15 is 0 Å². The zero-order valence-corrected chi connectivity index (χ0v) is 13.0. The van der Waals surface area contributed by atoms with Gasteiger partial charge < -0.3 is 14.8 Å². The van der Waals surface area contributed by atoms with E-state index in [1.54, 1.807) is 18.4 Å². The molecule has 0 saturated heterocycles. The molecule has 2 aromatic rings. The summed E-state index contributed by atoms with van der Waals surface area (Å²) in [5.41, 5.74) is 2.16. The van der Waals surface area contributed by atoms with Gasteiger partial charge in [0.1, 0.15) is 12.4 Å². The van der Waals surface area contributed by atoms with Crippen LogP contribution in [-0.4, -0.2) is 20.3 Å². The molecule has 0 atom stereocenters. The fraction of sp³-hybridized carbons (Fsp3) is 0.333. The average Bonchev–Trinajstić information content (AvgIpc) is 2.96. The van der Waals surface area contributed by atoms with Crippen LogP contribution in [0.2, 0.25) is 5.02 Å². The summed E-state index contributed by atoms with van der Waals surface area (Å²) in [6, 6.07) is 7.80. The minimum atomic E-state index is 0.564. The maximum Gasteiger partial charge on any atom is 0.125 e. The Labute approximate surface area is 128 Å². The molecule has 0 aliphatic heterocycles. The molecule has 0 unspecified atom stereocenters. The average molecular weight is 312 g/mol. The molecule has 0 radical (unpaired) electrons. The molecule has 2 rings (SSSR count). The number of ether oxygens (including phenoxy) is 2. The van der Waals surface area contributed by atoms with E-state index in [4.69, 9.17) is 21.1 Å². The Morgan fingerprint density at radius 3 is 2.95 bits per heavy atom. The lowest BCUT2D eigenvalue weighted by Crippen LogP contribution is -2.19. The fourth-order valence-electron chi connectivity index (χ4n) is 1.77. The molecule has 1 aromatic carbocycles. The molecule has 0 aliphatic rings. The van der Waals surface area contributed by atoms with Crippen LogP contribution in [-0.2, 0) is 17.9 Å². The van der Waals surface area contributed by atoms with E-state index in [9.17, 15) is 0 Å². The third-order valence-corrected chi connectivity index (χ3v) is 3.92. The minimum Gasteiger partial charge on any atom is -0.488 e. The van der Waals surface area contributed by atoms with Gasteiger partial charge in [-0.15, -0.1) is 0 Å². The van der Waals surface area contributed by atoms with E-state index in [1.807, 2.05) is 23.6 Å². The normalized spacial score (nSPS) is 10.7. The number of rotatable bonds is 8. The highest BCUT2D eigenvalue weighted by molar-refractivity contribution is 7.07. The van der Waals surface area contributed by atoms with Crippen molar-refractivity contribution in [1.82, 2.24) is 5.32 Å². The molecule has 1 aromatic heterocycles. The quantitative estimate of drug-likeness (QED) is 0.754. The van der Waals surface area contributed by atoms with Gasteiger partial charge in [0.15, 0.2) is 0 Å². The molecule has 0 bridgehead atoms. The SMILES string of the molecule is COCCNCc1c(Cl)cccc1OCc1ccsc1. The summed E-state index contributed by atoms with van der Waals surface area (Å²) < 4.78 is 10.9. The Morgan fingerprint density at radius 2 is 2.20 bits per heavy atom. The monoisotopic (exact) mass is 311 g/mol. The van der Waals surface area contributed by atoms with Crippen LogP contribution in [0.5, 0.6) is 5.75 Å². The largest absolute Gasteiger partial charge is 0.488 e. The van der Waals surface area contributed by atoms with Crippen molar-refractivity contribution in [1.29, 1.82) is 0 Å². The van der Waals surface area contributed by atoms with Gasteiger partial charge in [-0.25, -0.2) is 0 Å². The first kappa shape index (κ1) is 15.3. The molecule has 108 valence electrons. The van der Waals surface area contributed by atoms with Crippen molar-refractivity contribution in [3.8, 4) is 5.75 Å². The van der Waals surface area contributed by atoms with Crippen molar-refractivity contribution >= 4 is 22.9 Å². The third-order valence-electron chi connectivity index (χ3n) is 2.84. The second-order valence-corrected chi connectivity index (χ2v) is 5.49. The number of benzene rings is 1. The number of thiophene rings is 1. The standard InChI is InChI=1S/C15H18ClNO2S/c1-18-7-6-17-9-13-14(16)3-2-4-15(13)19-10-12-5-8-20-11-12/h2-5,8,11,17H,6-7,9-10H2,1H3. The van der Waals surface area contributed by atoms with Gasteiger partial charge in [-0.1, -0.05) is 17.7 Å². The number of hydrogen-bond donors (Lipinski definition) is 1. The first-order valence-corrected chi connectivity index (χ1v) is 7.74. The van der Waals surface area contributed by atoms with Gasteiger partial charge >= 0.3 is 0 Å². The summed E-state index contributed by atoms with van der Waals surface area (Å²) in [4.78, 5) is 0. The van der Waals surface area contributed by atoms with Crippen LogP contribution < -0.4 is 10.1 Å². The Kier molecular flexibility index (Phi) is 6.33. The first-order valence-electron chi connectivity index (χ1n) is 6.42. The van der Waals surface area contributed by atoms with E-state index < -0.39 is 0 Å². The van der Waals surface area contributed by atoms with Crippen molar-refractivity contribution in [3.05, 3.63) is 51.2 Å². The Morgan fingerprint density at radius 1 is 1.30 bits per heavy atom. The van der Waals surface area contributed by atoms with Crippen LogP contribution in [0.15, 0.2) is 35.0 Å². The molecule has 0 fully saturated rings. The Balaban J connectivity index is 1.98. The third kappa shape index (κ3) is 4.49. The van der Waals surface area contributed by atoms with Crippen LogP contribution in [0.1, 0.15) is 11.1 Å². The lowest BCUT2D eigenvalue weighted by molar-refractivity contribution is 0.199. The summed E-state index contributed by atoms with van der Waals surface area (Å²) in [6.07, 6.45) is 0. The lowest BCUT2D eigenvalue weighted by Gasteiger charge is -2.13. The maximum absolute atomic E-state index is 6.25. The van der Waals surface area contributed by atoms with Gasteiger partial charge in [-0.3, -0.25) is 0 Å². The molecular formula is C15H18ClNO2S. The predicted octanol–water partition coefficient (Wildman–Crippen LogP) is 3.72. The van der Waals surface area contributed by atoms with Crippen molar-refractivity contribution in [2.75, 3.05) is 20.3 Å². The zero-order chi connectivity index (χ0) is 14.2. The first-order chi connectivity index (χ1) is 9.81. The second-order valence-electron chi connectivity index (χ2n) is 4.31. The molecule has 5 heteroatoms. The molecule has 0 spiro atoms. The summed E-state index contributed by atoms with van der Waals surface area (Å²) in [5.74, 6) is 0.827. The van der Waals surface area contributed by atoms with Crippen LogP contribution in [0.25, 0.3) is 0 Å². The summed E-state index contributed by atoms with van der Waals surface area (Å²) in [6.45, 7) is 2.69. The van der Waals surface area contributed by atoms with Crippen molar-refractivity contribution in [3.63, 3.8) is 0 Å². The van der Waals surface area contributed by atoms with Crippen LogP contribution in [0.4, 0.5) is 0 Å². The number of hydrogen-bond acceptors (Lipinski definition) is 4. The number of nitrogens with one attached hydrogen (secondary N) is 1. The van der Waals surface area contributed by atoms with Gasteiger partial charge in [0.25, 0.3) is 0 Å². The predicted molar refractivity (Wildman–Crippen MR) is 83.7 cm³/mol. The number of methoxy groups -OCH3 is 1. The highest BCUT2D eigenvalue weighted by Gasteiger charge is 2.08. The van der Waals surface area contributed by atoms with Gasteiger partial charge in [0.2, 0.25) is 0 Å². The van der Waals surface area contributed by atoms with Crippen molar-refractivity contribution < 1.29 is 9.47 Å². The number of halogens is 1. The van der Waals surface area contributed by atoms with Gasteiger partial charge in [0.05, 0.1) is 6.61 Å². The summed E-state index contributed by atoms with van der Waals surface area (Å²) >= 11 is 7.92. The highest BCUT2D eigenvalue weighted by Crippen LogP contribution is 2.27. The van der Waals surface area contributed by atoms with E-state index in [2.05, 4.69) is 16.8 Å². The van der Waals surface area contributed by atoms with Gasteiger partial charge in [-0.2, -0.15) is 11.3 Å². The smallest absolute Gasteiger partial charge is 0.125 e. The van der Waals surface area contributed by atoms with E-state index in [0.717, 1.165) is 22.9 Å². The summed E-state index contributed by atoms with van der Waals surface area (Å²) in [7, 11) is 1.69. The second kappa shape index (κ2) is 8.27. The molecule has 0 saturated carbocycles. The van der Waals surface area contributed by atoms with Crippen LogP contribution in [0, 0.1) is 0 Å². The highest BCUT2D eigenvalue weighted by atomic mass is 35.5. The molecule has 3 nitrogen and oxygen atoms in total. The lowest BCUT2D eigenvalue weighted by atomic mass is 10.2. The summed E-state index contributed by atoms with van der Waals surface area (Å²) in [5, 5.41) is 8.14. The molecular weight excluding hydrogens is 294 g/mol. The molecule has 0 amide bonds. The molecule has 1 heterocycles. The van der Waals surface area contributed by atoms with E-state index in [1.165, 1.54) is 5.56 Å². The van der Waals surface area contributed by atoms with Crippen LogP contribution >= 0.6 is 22.9 Å². The molecule has 0 aliphatic carbocycles. The molecule has 20 heavy (non-hydrogen) atoms. The van der Waals surface area contributed by atoms with E-state index in [-0.39, 0.29) is 0 Å². The zero-order valence-electron chi connectivity index (χ0n) is 11.4. The van der Waals surface area contributed by atoms with Gasteiger partial charge in [-0.05, 0) is 34.5 Å². The minimum absolute atomic E-state index is 0.564. The Bertz CT molecular complexity index is 517. The fourth-order valence-corrected chi connectivity index (χ4v) is 2.66. The van der Waals surface area contributed by atoms with Crippen molar-refractivity contribution in [2.24, 2.45) is 0 Å². The Hall–Kier alpha value is -1.07. The maximum atomic E-state index is 6.25.